The fourth-order valence-corrected chi connectivity index (χ4v) is 2.40. The van der Waals surface area contributed by atoms with Crippen molar-refractivity contribution >= 4 is 17.8 Å². The standard InChI is InChI=1S/C10H13N3O3/c14-7(6-1-2-6)13-4-3-10(5-13)8(15)11-9(16)12-10/h6H,1-5H2,(H2,11,12,15,16)/t10-/m1/s1. The number of nitrogens with zero attached hydrogens (tertiary/aromatic N) is 1. The number of nitrogens with one attached hydrogen (secondary N) is 2. The van der Waals surface area contributed by atoms with Crippen LogP contribution in [0.15, 0.2) is 0 Å². The van der Waals surface area contributed by atoms with Crippen molar-refractivity contribution in [2.24, 2.45) is 5.92 Å². The smallest absolute Gasteiger partial charge is 0.322 e. The molecule has 1 spiro atoms. The van der Waals surface area contributed by atoms with Crippen LogP contribution in [0.4, 0.5) is 4.79 Å². The molecule has 4 amide bonds. The largest absolute Gasteiger partial charge is 0.339 e. The minimum Gasteiger partial charge on any atom is -0.339 e. The van der Waals surface area contributed by atoms with Crippen molar-refractivity contribution in [3.8, 4) is 0 Å². The van der Waals surface area contributed by atoms with Crippen LogP contribution in [0.25, 0.3) is 0 Å². The summed E-state index contributed by atoms with van der Waals surface area (Å²) in [5, 5.41) is 4.86. The van der Waals surface area contributed by atoms with Crippen LogP contribution >= 0.6 is 0 Å². The number of likely N-dealkylation sites (tertiary alicyclic amines) is 1. The summed E-state index contributed by atoms with van der Waals surface area (Å²) in [6, 6.07) is -0.453. The summed E-state index contributed by atoms with van der Waals surface area (Å²) in [5.74, 6) is -0.00950. The molecule has 0 aromatic rings. The summed E-state index contributed by atoms with van der Waals surface area (Å²) in [5.41, 5.74) is -0.859. The van der Waals surface area contributed by atoms with Gasteiger partial charge in [0, 0.05) is 12.5 Å². The topological polar surface area (TPSA) is 78.5 Å². The highest BCUT2D eigenvalue weighted by Crippen LogP contribution is 2.34. The first-order valence-corrected chi connectivity index (χ1v) is 5.53. The molecule has 1 aliphatic carbocycles. The summed E-state index contributed by atoms with van der Waals surface area (Å²) < 4.78 is 0. The fourth-order valence-electron chi connectivity index (χ4n) is 2.40. The molecular weight excluding hydrogens is 210 g/mol. The van der Waals surface area contributed by atoms with Crippen molar-refractivity contribution < 1.29 is 14.4 Å². The normalized spacial score (nSPS) is 33.1. The van der Waals surface area contributed by atoms with Gasteiger partial charge < -0.3 is 10.2 Å². The molecule has 2 aliphatic heterocycles. The zero-order chi connectivity index (χ0) is 11.3. The third-order valence-corrected chi connectivity index (χ3v) is 3.52. The van der Waals surface area contributed by atoms with E-state index in [1.165, 1.54) is 0 Å². The molecule has 0 bridgehead atoms. The van der Waals surface area contributed by atoms with Crippen LogP contribution < -0.4 is 10.6 Å². The Morgan fingerprint density at radius 3 is 2.69 bits per heavy atom. The Bertz CT molecular complexity index is 391. The lowest BCUT2D eigenvalue weighted by atomic mass is 9.99. The van der Waals surface area contributed by atoms with Crippen molar-refractivity contribution in [3.05, 3.63) is 0 Å². The highest BCUT2D eigenvalue weighted by molar-refractivity contribution is 6.07. The van der Waals surface area contributed by atoms with Gasteiger partial charge in [-0.2, -0.15) is 0 Å². The first kappa shape index (κ1) is 9.62. The lowest BCUT2D eigenvalue weighted by molar-refractivity contribution is -0.132. The Morgan fingerprint density at radius 2 is 2.12 bits per heavy atom. The second-order valence-corrected chi connectivity index (χ2v) is 4.77. The van der Waals surface area contributed by atoms with Gasteiger partial charge in [-0.1, -0.05) is 0 Å². The zero-order valence-electron chi connectivity index (χ0n) is 8.78. The van der Waals surface area contributed by atoms with Gasteiger partial charge in [0.05, 0.1) is 6.54 Å². The zero-order valence-corrected chi connectivity index (χ0v) is 8.78. The van der Waals surface area contributed by atoms with Gasteiger partial charge in [0.1, 0.15) is 5.54 Å². The van der Waals surface area contributed by atoms with E-state index < -0.39 is 11.6 Å². The molecule has 2 heterocycles. The number of hydrogen-bond donors (Lipinski definition) is 2. The number of rotatable bonds is 1. The molecule has 16 heavy (non-hydrogen) atoms. The highest BCUT2D eigenvalue weighted by Gasteiger charge is 2.52. The van der Waals surface area contributed by atoms with E-state index in [-0.39, 0.29) is 17.7 Å². The quantitative estimate of drug-likeness (QED) is 0.572. The van der Waals surface area contributed by atoms with Crippen LogP contribution in [0.2, 0.25) is 0 Å². The average Bonchev–Trinajstić information content (AvgIpc) is 2.94. The van der Waals surface area contributed by atoms with Crippen molar-refractivity contribution in [3.63, 3.8) is 0 Å². The second-order valence-electron chi connectivity index (χ2n) is 4.77. The Hall–Kier alpha value is -1.59. The molecule has 3 fully saturated rings. The van der Waals surface area contributed by atoms with E-state index >= 15 is 0 Å². The van der Waals surface area contributed by atoms with Gasteiger partial charge in [0.15, 0.2) is 0 Å². The summed E-state index contributed by atoms with van der Waals surface area (Å²) in [7, 11) is 0. The fraction of sp³-hybridized carbons (Fsp3) is 0.700. The van der Waals surface area contributed by atoms with Crippen molar-refractivity contribution in [1.82, 2.24) is 15.5 Å². The maximum atomic E-state index is 11.8. The summed E-state index contributed by atoms with van der Waals surface area (Å²) in [6.45, 7) is 0.878. The predicted octanol–water partition coefficient (Wildman–Crippen LogP) is -0.793. The average molecular weight is 223 g/mol. The van der Waals surface area contributed by atoms with E-state index in [4.69, 9.17) is 0 Å². The summed E-state index contributed by atoms with van der Waals surface area (Å²) in [6.07, 6.45) is 2.44. The van der Waals surface area contributed by atoms with Gasteiger partial charge in [0.25, 0.3) is 5.91 Å². The highest BCUT2D eigenvalue weighted by atomic mass is 16.2. The number of carbonyl (C=O) groups excluding carboxylic acids is 3. The van der Waals surface area contributed by atoms with Crippen LogP contribution in [-0.4, -0.2) is 41.4 Å². The Balaban J connectivity index is 1.74. The molecule has 3 aliphatic rings. The number of imide groups is 1. The number of carbonyl (C=O) groups is 3. The van der Waals surface area contributed by atoms with E-state index in [0.717, 1.165) is 12.8 Å². The third-order valence-electron chi connectivity index (χ3n) is 3.52. The lowest BCUT2D eigenvalue weighted by Crippen LogP contribution is -2.49. The molecule has 0 aromatic carbocycles. The molecule has 0 unspecified atom stereocenters. The van der Waals surface area contributed by atoms with Gasteiger partial charge in [-0.05, 0) is 19.3 Å². The molecule has 6 heteroatoms. The maximum Gasteiger partial charge on any atom is 0.322 e. The number of amides is 4. The van der Waals surface area contributed by atoms with Gasteiger partial charge >= 0.3 is 6.03 Å². The SMILES string of the molecule is O=C1NC(=O)[C@]2(CCN(C(=O)C3CC3)C2)N1. The van der Waals surface area contributed by atoms with Crippen LogP contribution in [0.3, 0.4) is 0 Å². The first-order chi connectivity index (χ1) is 7.61. The van der Waals surface area contributed by atoms with Crippen molar-refractivity contribution in [2.75, 3.05) is 13.1 Å². The third kappa shape index (κ3) is 1.29. The molecule has 1 saturated carbocycles. The van der Waals surface area contributed by atoms with Crippen LogP contribution in [0.5, 0.6) is 0 Å². The van der Waals surface area contributed by atoms with Crippen molar-refractivity contribution in [2.45, 2.75) is 24.8 Å². The van der Waals surface area contributed by atoms with Gasteiger partial charge in [0.2, 0.25) is 5.91 Å². The monoisotopic (exact) mass is 223 g/mol. The van der Waals surface area contributed by atoms with E-state index in [9.17, 15) is 14.4 Å². The summed E-state index contributed by atoms with van der Waals surface area (Å²) in [4.78, 5) is 36.2. The lowest BCUT2D eigenvalue weighted by Gasteiger charge is -2.20. The first-order valence-electron chi connectivity index (χ1n) is 5.53. The van der Waals surface area contributed by atoms with Gasteiger partial charge in [-0.25, -0.2) is 4.79 Å². The second kappa shape index (κ2) is 2.96. The van der Waals surface area contributed by atoms with Crippen LogP contribution in [-0.2, 0) is 9.59 Å². The molecule has 86 valence electrons. The van der Waals surface area contributed by atoms with E-state index in [1.54, 1.807) is 4.90 Å². The molecule has 2 N–H and O–H groups in total. The molecule has 3 rings (SSSR count). The van der Waals surface area contributed by atoms with E-state index in [0.29, 0.717) is 19.5 Å². The van der Waals surface area contributed by atoms with Crippen molar-refractivity contribution in [1.29, 1.82) is 0 Å². The molecule has 2 saturated heterocycles. The van der Waals surface area contributed by atoms with E-state index in [1.807, 2.05) is 0 Å². The molecule has 0 radical (unpaired) electrons. The van der Waals surface area contributed by atoms with Gasteiger partial charge in [-0.3, -0.25) is 14.9 Å². The Morgan fingerprint density at radius 1 is 1.38 bits per heavy atom. The maximum absolute atomic E-state index is 11.8. The molecule has 1 atom stereocenters. The van der Waals surface area contributed by atoms with Crippen LogP contribution in [0, 0.1) is 5.92 Å². The predicted molar refractivity (Wildman–Crippen MR) is 53.3 cm³/mol. The number of hydrogen-bond acceptors (Lipinski definition) is 3. The Labute approximate surface area is 92.4 Å². The minimum absolute atomic E-state index is 0.130. The summed E-state index contributed by atoms with van der Waals surface area (Å²) >= 11 is 0. The minimum atomic E-state index is -0.859. The molecule has 0 aromatic heterocycles. The Kier molecular flexibility index (Phi) is 1.78. The van der Waals surface area contributed by atoms with E-state index in [2.05, 4.69) is 10.6 Å². The number of urea groups is 1. The van der Waals surface area contributed by atoms with Crippen LogP contribution in [0.1, 0.15) is 19.3 Å². The van der Waals surface area contributed by atoms with Gasteiger partial charge in [-0.15, -0.1) is 0 Å². The molecular formula is C10H13N3O3. The molecule has 6 nitrogen and oxygen atoms in total.